The Morgan fingerprint density at radius 1 is 1.12 bits per heavy atom. The van der Waals surface area contributed by atoms with Gasteiger partial charge in [0.05, 0.1) is 8.95 Å². The van der Waals surface area contributed by atoms with Crippen LogP contribution in [0.5, 0.6) is 5.75 Å². The van der Waals surface area contributed by atoms with E-state index in [1.807, 2.05) is 0 Å². The highest BCUT2D eigenvalue weighted by Gasteiger charge is 2.09. The van der Waals surface area contributed by atoms with E-state index in [-0.39, 0.29) is 11.7 Å². The highest BCUT2D eigenvalue weighted by molar-refractivity contribution is 9.11. The molecule has 0 saturated heterocycles. The van der Waals surface area contributed by atoms with Gasteiger partial charge in [0.1, 0.15) is 12.1 Å². The molecule has 0 unspecified atom stereocenters. The summed E-state index contributed by atoms with van der Waals surface area (Å²) >= 11 is 6.46. The Morgan fingerprint density at radius 2 is 1.75 bits per heavy atom. The number of benzene rings is 1. The van der Waals surface area contributed by atoms with E-state index < -0.39 is 0 Å². The number of hydrogen-bond donors (Lipinski definition) is 2. The van der Waals surface area contributed by atoms with E-state index in [2.05, 4.69) is 46.8 Å². The van der Waals surface area contributed by atoms with E-state index in [1.165, 1.54) is 6.33 Å². The molecule has 0 aliphatic heterocycles. The topological polar surface area (TPSA) is 84.9 Å². The first-order valence-electron chi connectivity index (χ1n) is 4.21. The molecule has 0 aliphatic carbocycles. The number of phenolic OH excluding ortho intramolecular Hbond substituents is 1. The number of nitrogen functional groups attached to an aromatic ring is 1. The summed E-state index contributed by atoms with van der Waals surface area (Å²) in [7, 11) is 0. The first kappa shape index (κ1) is 11.3. The Bertz CT molecular complexity index is 524. The Labute approximate surface area is 108 Å². The van der Waals surface area contributed by atoms with Gasteiger partial charge in [-0.3, -0.25) is 0 Å². The van der Waals surface area contributed by atoms with Crippen molar-refractivity contribution in [3.8, 4) is 17.1 Å². The molecule has 0 amide bonds. The van der Waals surface area contributed by atoms with Gasteiger partial charge < -0.3 is 10.8 Å². The monoisotopic (exact) mass is 344 g/mol. The molecule has 0 atom stereocenters. The molecule has 2 rings (SSSR count). The predicted molar refractivity (Wildman–Crippen MR) is 66.7 cm³/mol. The van der Waals surface area contributed by atoms with Crippen LogP contribution in [0, 0.1) is 0 Å². The fourth-order valence-corrected chi connectivity index (χ4v) is 2.33. The molecule has 2 aromatic rings. The predicted octanol–water partition coefficient (Wildman–Crippen LogP) is 2.35. The summed E-state index contributed by atoms with van der Waals surface area (Å²) in [4.78, 5) is 11.7. The average molecular weight is 346 g/mol. The molecular formula is C9H6Br2N4O. The molecule has 0 spiro atoms. The number of aromatic hydroxyl groups is 1. The number of nitrogens with two attached hydrogens (primary N) is 1. The third-order valence-corrected chi connectivity index (χ3v) is 3.07. The van der Waals surface area contributed by atoms with Gasteiger partial charge in [-0.15, -0.1) is 0 Å². The molecule has 3 N–H and O–H groups in total. The molecule has 1 aromatic heterocycles. The first-order chi connectivity index (χ1) is 7.58. The van der Waals surface area contributed by atoms with Crippen LogP contribution in [-0.2, 0) is 0 Å². The van der Waals surface area contributed by atoms with E-state index in [0.29, 0.717) is 14.8 Å². The number of nitrogens with zero attached hydrogens (tertiary/aromatic N) is 3. The van der Waals surface area contributed by atoms with Gasteiger partial charge >= 0.3 is 0 Å². The third-order valence-electron chi connectivity index (χ3n) is 1.87. The summed E-state index contributed by atoms with van der Waals surface area (Å²) in [6, 6.07) is 3.41. The fraction of sp³-hybridized carbons (Fsp3) is 0. The molecular weight excluding hydrogens is 340 g/mol. The highest BCUT2D eigenvalue weighted by Crippen LogP contribution is 2.35. The van der Waals surface area contributed by atoms with Crippen molar-refractivity contribution in [3.05, 3.63) is 27.4 Å². The molecule has 0 fully saturated rings. The Kier molecular flexibility index (Phi) is 3.06. The van der Waals surface area contributed by atoms with Gasteiger partial charge in [-0.05, 0) is 44.0 Å². The van der Waals surface area contributed by atoms with Crippen LogP contribution in [0.25, 0.3) is 11.4 Å². The van der Waals surface area contributed by atoms with Crippen LogP contribution in [0.4, 0.5) is 5.95 Å². The van der Waals surface area contributed by atoms with E-state index in [0.717, 1.165) is 5.56 Å². The van der Waals surface area contributed by atoms with Crippen LogP contribution in [0.2, 0.25) is 0 Å². The SMILES string of the molecule is Nc1ncnc(-c2cc(Br)c(O)c(Br)c2)n1. The quantitative estimate of drug-likeness (QED) is 0.828. The summed E-state index contributed by atoms with van der Waals surface area (Å²) in [5, 5.41) is 9.56. The van der Waals surface area contributed by atoms with Gasteiger partial charge in [-0.2, -0.15) is 4.98 Å². The van der Waals surface area contributed by atoms with Crippen LogP contribution >= 0.6 is 31.9 Å². The zero-order valence-electron chi connectivity index (χ0n) is 7.85. The summed E-state index contributed by atoms with van der Waals surface area (Å²) in [5.41, 5.74) is 6.19. The second kappa shape index (κ2) is 4.34. The van der Waals surface area contributed by atoms with Crippen molar-refractivity contribution in [2.24, 2.45) is 0 Å². The van der Waals surface area contributed by atoms with Gasteiger partial charge in [0.2, 0.25) is 5.95 Å². The second-order valence-electron chi connectivity index (χ2n) is 2.96. The average Bonchev–Trinajstić information content (AvgIpc) is 2.25. The maximum absolute atomic E-state index is 9.56. The Balaban J connectivity index is 2.57. The maximum atomic E-state index is 9.56. The molecule has 1 aromatic carbocycles. The lowest BCUT2D eigenvalue weighted by Gasteiger charge is -2.04. The lowest BCUT2D eigenvalue weighted by atomic mass is 10.2. The zero-order valence-corrected chi connectivity index (χ0v) is 11.0. The van der Waals surface area contributed by atoms with Gasteiger partial charge in [0, 0.05) is 5.56 Å². The minimum absolute atomic E-state index is 0.130. The van der Waals surface area contributed by atoms with E-state index in [9.17, 15) is 5.11 Å². The summed E-state index contributed by atoms with van der Waals surface area (Å²) < 4.78 is 1.10. The highest BCUT2D eigenvalue weighted by atomic mass is 79.9. The second-order valence-corrected chi connectivity index (χ2v) is 4.66. The van der Waals surface area contributed by atoms with Crippen LogP contribution in [-0.4, -0.2) is 20.1 Å². The minimum Gasteiger partial charge on any atom is -0.506 e. The largest absolute Gasteiger partial charge is 0.506 e. The Hall–Kier alpha value is -1.21. The number of anilines is 1. The number of hydrogen-bond acceptors (Lipinski definition) is 5. The van der Waals surface area contributed by atoms with Crippen molar-refractivity contribution in [1.29, 1.82) is 0 Å². The Morgan fingerprint density at radius 3 is 2.31 bits per heavy atom. The van der Waals surface area contributed by atoms with Gasteiger partial charge in [0.25, 0.3) is 0 Å². The molecule has 0 bridgehead atoms. The molecule has 0 radical (unpaired) electrons. The van der Waals surface area contributed by atoms with Crippen LogP contribution < -0.4 is 5.73 Å². The van der Waals surface area contributed by atoms with Crippen molar-refractivity contribution in [2.45, 2.75) is 0 Å². The van der Waals surface area contributed by atoms with Crippen molar-refractivity contribution in [3.63, 3.8) is 0 Å². The van der Waals surface area contributed by atoms with Crippen molar-refractivity contribution < 1.29 is 5.11 Å². The molecule has 0 saturated carbocycles. The lowest BCUT2D eigenvalue weighted by molar-refractivity contribution is 0.468. The summed E-state index contributed by atoms with van der Waals surface area (Å²) in [5.74, 6) is 0.741. The molecule has 0 aliphatic rings. The van der Waals surface area contributed by atoms with Crippen molar-refractivity contribution in [2.75, 3.05) is 5.73 Å². The molecule has 7 heteroatoms. The number of halogens is 2. The van der Waals surface area contributed by atoms with E-state index in [1.54, 1.807) is 12.1 Å². The maximum Gasteiger partial charge on any atom is 0.223 e. The standard InChI is InChI=1S/C9H6Br2N4O/c10-5-1-4(2-6(11)7(5)16)8-13-3-14-9(12)15-8/h1-3,16H,(H2,12,13,14,15). The number of aromatic nitrogens is 3. The molecule has 82 valence electrons. The molecule has 1 heterocycles. The van der Waals surface area contributed by atoms with Crippen LogP contribution in [0.15, 0.2) is 27.4 Å². The van der Waals surface area contributed by atoms with Crippen molar-refractivity contribution >= 4 is 37.8 Å². The van der Waals surface area contributed by atoms with Crippen LogP contribution in [0.1, 0.15) is 0 Å². The lowest BCUT2D eigenvalue weighted by Crippen LogP contribution is -1.98. The molecule has 16 heavy (non-hydrogen) atoms. The third kappa shape index (κ3) is 2.14. The normalized spacial score (nSPS) is 10.4. The van der Waals surface area contributed by atoms with E-state index >= 15 is 0 Å². The number of phenols is 1. The first-order valence-corrected chi connectivity index (χ1v) is 5.79. The smallest absolute Gasteiger partial charge is 0.223 e. The van der Waals surface area contributed by atoms with Gasteiger partial charge in [-0.25, -0.2) is 9.97 Å². The van der Waals surface area contributed by atoms with Gasteiger partial charge in [-0.1, -0.05) is 0 Å². The zero-order chi connectivity index (χ0) is 11.7. The van der Waals surface area contributed by atoms with Crippen LogP contribution in [0.3, 0.4) is 0 Å². The van der Waals surface area contributed by atoms with E-state index in [4.69, 9.17) is 5.73 Å². The van der Waals surface area contributed by atoms with Gasteiger partial charge in [0.15, 0.2) is 5.82 Å². The molecule has 5 nitrogen and oxygen atoms in total. The summed E-state index contributed by atoms with van der Waals surface area (Å²) in [6.45, 7) is 0. The van der Waals surface area contributed by atoms with Crippen molar-refractivity contribution in [1.82, 2.24) is 15.0 Å². The fourth-order valence-electron chi connectivity index (χ4n) is 1.14. The summed E-state index contributed by atoms with van der Waals surface area (Å²) in [6.07, 6.45) is 1.34. The minimum atomic E-state index is 0.130. The number of rotatable bonds is 1.